The fourth-order valence-corrected chi connectivity index (χ4v) is 11.5. The van der Waals surface area contributed by atoms with E-state index in [9.17, 15) is 19.5 Å². The van der Waals surface area contributed by atoms with Gasteiger partial charge in [-0.25, -0.2) is 0 Å². The fraction of sp³-hybridized carbons (Fsp3) is 0.685. The lowest BCUT2D eigenvalue weighted by Crippen LogP contribution is -2.44. The van der Waals surface area contributed by atoms with Crippen LogP contribution < -0.4 is 5.11 Å². The molecule has 576 valence electrons. The number of esters is 2. The number of quaternary nitrogens is 1. The maximum absolute atomic E-state index is 13.0. The zero-order valence-electron chi connectivity index (χ0n) is 66.0. The summed E-state index contributed by atoms with van der Waals surface area (Å²) in [6.45, 7) is 4.55. The van der Waals surface area contributed by atoms with Crippen LogP contribution in [-0.4, -0.2) is 82.3 Å². The summed E-state index contributed by atoms with van der Waals surface area (Å²) in [5.41, 5.74) is 0. The number of hydrogen-bond acceptors (Lipinski definition) is 8. The number of carboxylic acid groups (broad SMARTS) is 1. The molecule has 0 N–H and O–H groups in total. The first-order valence-electron chi connectivity index (χ1n) is 41.6. The summed E-state index contributed by atoms with van der Waals surface area (Å²) in [5.74, 6) is -2.27. The third kappa shape index (κ3) is 82.1. The maximum atomic E-state index is 13.0. The lowest BCUT2D eigenvalue weighted by atomic mass is 10.0. The second-order valence-corrected chi connectivity index (χ2v) is 28.7. The van der Waals surface area contributed by atoms with E-state index < -0.39 is 24.3 Å². The highest BCUT2D eigenvalue weighted by molar-refractivity contribution is 5.70. The molecule has 0 aromatic heterocycles. The Hall–Kier alpha value is -5.09. The Morgan fingerprint density at radius 3 is 0.792 bits per heavy atom. The van der Waals surface area contributed by atoms with E-state index >= 15 is 0 Å². The van der Waals surface area contributed by atoms with Gasteiger partial charge in [-0.2, -0.15) is 0 Å². The number of allylic oxidation sites excluding steroid dienone is 26. The first-order chi connectivity index (χ1) is 49.6. The number of likely N-dealkylation sites (N-methyl/N-ethyl adjacent to an activating group) is 1. The van der Waals surface area contributed by atoms with Crippen LogP contribution in [0.2, 0.25) is 0 Å². The summed E-state index contributed by atoms with van der Waals surface area (Å²) in [7, 11) is 5.94. The molecule has 0 aliphatic rings. The molecule has 9 heteroatoms. The highest BCUT2D eigenvalue weighted by Crippen LogP contribution is 2.19. The molecular weight excluding hydrogens is 1250 g/mol. The largest absolute Gasteiger partial charge is 0.545 e. The first kappa shape index (κ1) is 95.9. The van der Waals surface area contributed by atoms with Crippen molar-refractivity contribution in [2.45, 2.75) is 360 Å². The molecule has 0 bridgehead atoms. The van der Waals surface area contributed by atoms with Crippen LogP contribution in [0, 0.1) is 0 Å². The average Bonchev–Trinajstić information content (AvgIpc) is 1.21. The molecule has 0 spiro atoms. The van der Waals surface area contributed by atoms with Crippen LogP contribution in [0.4, 0.5) is 0 Å². The van der Waals surface area contributed by atoms with Gasteiger partial charge in [0.25, 0.3) is 0 Å². The summed E-state index contributed by atoms with van der Waals surface area (Å²) in [5, 5.41) is 11.9. The summed E-state index contributed by atoms with van der Waals surface area (Å²) in [6, 6.07) is 0. The number of carbonyl (C=O) groups is 3. The van der Waals surface area contributed by atoms with Crippen LogP contribution >= 0.6 is 0 Å². The molecule has 2 atom stereocenters. The summed E-state index contributed by atoms with van der Waals surface area (Å²) >= 11 is 0. The molecule has 0 radical (unpaired) electrons. The molecule has 101 heavy (non-hydrogen) atoms. The van der Waals surface area contributed by atoms with Gasteiger partial charge in [-0.3, -0.25) is 9.59 Å². The van der Waals surface area contributed by atoms with Crippen molar-refractivity contribution in [3.05, 3.63) is 158 Å². The number of ether oxygens (including phenoxy) is 4. The van der Waals surface area contributed by atoms with Crippen LogP contribution in [0.15, 0.2) is 158 Å². The zero-order chi connectivity index (χ0) is 73.2. The van der Waals surface area contributed by atoms with Gasteiger partial charge in [-0.1, -0.05) is 371 Å². The molecule has 9 nitrogen and oxygen atoms in total. The molecule has 0 heterocycles. The molecule has 0 aromatic rings. The number of aliphatic carboxylic acids is 1. The standard InChI is InChI=1S/C92H155NO8/c1-6-8-10-12-14-16-18-20-22-24-26-28-30-32-34-36-38-40-42-43-44-45-46-47-49-51-53-55-57-59-61-63-65-67-69-71-73-75-77-79-81-83-90(95)101-88(87-100-92(91(96)97)98-85-84-93(3,4)5)86-99-89(94)82-80-78-76-74-72-70-68-66-64-62-60-58-56-54-52-50-48-41-39-37-35-33-31-29-27-25-23-21-19-17-15-13-11-9-7-2/h8-11,14-17,20-23,26-29,32-35,38-41,43-44,88,92H,6-7,12-13,18-19,24-25,30-31,36-37,42,45-87H2,1-5H3/b10-8-,11-9-,16-14-,17-15-,22-20-,23-21-,28-26-,29-27-,34-32-,35-33-,40-38-,41-39-,44-43-. The van der Waals surface area contributed by atoms with E-state index in [1.165, 1.54) is 193 Å². The molecule has 0 aromatic carbocycles. The lowest BCUT2D eigenvalue weighted by molar-refractivity contribution is -0.870. The molecule has 0 saturated heterocycles. The van der Waals surface area contributed by atoms with E-state index in [1.807, 2.05) is 21.1 Å². The van der Waals surface area contributed by atoms with Gasteiger partial charge in [0.1, 0.15) is 13.2 Å². The number of carbonyl (C=O) groups excluding carboxylic acids is 3. The van der Waals surface area contributed by atoms with E-state index in [-0.39, 0.29) is 38.6 Å². The molecule has 2 unspecified atom stereocenters. The number of carboxylic acids is 1. The number of hydrogen-bond donors (Lipinski definition) is 0. The number of nitrogens with zero attached hydrogens (tertiary/aromatic N) is 1. The molecular formula is C92H155NO8. The summed E-state index contributed by atoms with van der Waals surface area (Å²) in [6.07, 6.45) is 117. The second-order valence-electron chi connectivity index (χ2n) is 28.7. The Morgan fingerprint density at radius 1 is 0.297 bits per heavy atom. The predicted octanol–water partition coefficient (Wildman–Crippen LogP) is 25.8. The topological polar surface area (TPSA) is 111 Å². The van der Waals surface area contributed by atoms with Gasteiger partial charge in [0.2, 0.25) is 0 Å². The van der Waals surface area contributed by atoms with Crippen molar-refractivity contribution >= 4 is 17.9 Å². The molecule has 0 aliphatic heterocycles. The molecule has 0 fully saturated rings. The number of rotatable bonds is 76. The molecule has 0 aliphatic carbocycles. The predicted molar refractivity (Wildman–Crippen MR) is 435 cm³/mol. The zero-order valence-corrected chi connectivity index (χ0v) is 66.0. The van der Waals surface area contributed by atoms with E-state index in [0.29, 0.717) is 17.4 Å². The minimum Gasteiger partial charge on any atom is -0.545 e. The highest BCUT2D eigenvalue weighted by atomic mass is 16.7. The smallest absolute Gasteiger partial charge is 0.306 e. The van der Waals surface area contributed by atoms with Crippen LogP contribution in [-0.2, 0) is 33.3 Å². The quantitative estimate of drug-likeness (QED) is 0.0195. The van der Waals surface area contributed by atoms with E-state index in [4.69, 9.17) is 18.9 Å². The Morgan fingerprint density at radius 2 is 0.535 bits per heavy atom. The normalized spacial score (nSPS) is 13.5. The van der Waals surface area contributed by atoms with Crippen LogP contribution in [0.3, 0.4) is 0 Å². The van der Waals surface area contributed by atoms with Crippen molar-refractivity contribution in [1.29, 1.82) is 0 Å². The van der Waals surface area contributed by atoms with Crippen molar-refractivity contribution in [1.82, 2.24) is 0 Å². The number of unbranched alkanes of at least 4 members (excludes halogenated alkanes) is 35. The van der Waals surface area contributed by atoms with Crippen LogP contribution in [0.25, 0.3) is 0 Å². The minimum atomic E-state index is -1.63. The Bertz CT molecular complexity index is 2230. The molecule has 0 rings (SSSR count). The summed E-state index contributed by atoms with van der Waals surface area (Å²) in [4.78, 5) is 37.7. The Kier molecular flexibility index (Phi) is 76.5. The average molecular weight is 1400 g/mol. The fourth-order valence-electron chi connectivity index (χ4n) is 11.5. The SMILES string of the molecule is CC/C=C\C/C=C\C/C=C\C/C=C\C/C=C\C/C=C\C/C=C\CCCCCCCCCCCCCCCCCCCCCC(=O)OC(COC(=O)CCCCCCCCCCCCCCCCCC/C=C\C/C=C\C/C=C\C/C=C\C/C=C\C/C=C\CC)COC(OCC[N+](C)(C)C)C(=O)[O-]. The highest BCUT2D eigenvalue weighted by Gasteiger charge is 2.22. The van der Waals surface area contributed by atoms with Gasteiger partial charge in [0.05, 0.1) is 40.3 Å². The minimum absolute atomic E-state index is 0.144. The van der Waals surface area contributed by atoms with Gasteiger partial charge in [-0.15, -0.1) is 0 Å². The van der Waals surface area contributed by atoms with Crippen molar-refractivity contribution in [3.63, 3.8) is 0 Å². The summed E-state index contributed by atoms with van der Waals surface area (Å²) < 4.78 is 22.9. The monoisotopic (exact) mass is 1400 g/mol. The van der Waals surface area contributed by atoms with Gasteiger partial charge in [-0.05, 0) is 122 Å². The maximum Gasteiger partial charge on any atom is 0.306 e. The van der Waals surface area contributed by atoms with E-state index in [2.05, 4.69) is 172 Å². The Balaban J connectivity index is 4.01. The van der Waals surface area contributed by atoms with E-state index in [1.54, 1.807) is 0 Å². The van der Waals surface area contributed by atoms with Crippen molar-refractivity contribution in [2.75, 3.05) is 47.5 Å². The van der Waals surface area contributed by atoms with Gasteiger partial charge in [0.15, 0.2) is 12.4 Å². The van der Waals surface area contributed by atoms with E-state index in [0.717, 1.165) is 122 Å². The van der Waals surface area contributed by atoms with Crippen molar-refractivity contribution in [3.8, 4) is 0 Å². The second kappa shape index (κ2) is 80.6. The van der Waals surface area contributed by atoms with Gasteiger partial charge < -0.3 is 33.3 Å². The molecule has 0 saturated carbocycles. The third-order valence-electron chi connectivity index (χ3n) is 17.8. The third-order valence-corrected chi connectivity index (χ3v) is 17.8. The van der Waals surface area contributed by atoms with Gasteiger partial charge >= 0.3 is 11.9 Å². The van der Waals surface area contributed by atoms with Crippen molar-refractivity contribution in [2.24, 2.45) is 0 Å². The first-order valence-corrected chi connectivity index (χ1v) is 41.6. The van der Waals surface area contributed by atoms with Crippen molar-refractivity contribution < 1.29 is 42.9 Å². The molecule has 0 amide bonds. The Labute approximate surface area is 623 Å². The van der Waals surface area contributed by atoms with Crippen LogP contribution in [0.5, 0.6) is 0 Å². The van der Waals surface area contributed by atoms with Gasteiger partial charge in [0, 0.05) is 12.8 Å². The lowest BCUT2D eigenvalue weighted by Gasteiger charge is -2.26. The van der Waals surface area contributed by atoms with Crippen LogP contribution in [0.1, 0.15) is 348 Å².